The maximum absolute atomic E-state index is 13.4. The highest BCUT2D eigenvalue weighted by Crippen LogP contribution is 2.30. The number of alkyl halides is 1. The lowest BCUT2D eigenvalue weighted by Gasteiger charge is -2.49. The molecule has 1 aromatic carbocycles. The van der Waals surface area contributed by atoms with Crippen LogP contribution < -0.4 is 5.32 Å². The van der Waals surface area contributed by atoms with Gasteiger partial charge in [0, 0.05) is 24.4 Å². The molecule has 2 amide bonds. The molecule has 3 fully saturated rings. The van der Waals surface area contributed by atoms with Gasteiger partial charge in [0.1, 0.15) is 18.4 Å². The molecule has 152 valence electrons. The Morgan fingerprint density at radius 1 is 1.25 bits per heavy atom. The molecule has 4 rings (SSSR count). The molecule has 0 saturated carbocycles. The Morgan fingerprint density at radius 3 is 2.57 bits per heavy atom. The number of nitrogens with zero attached hydrogens (tertiary/aromatic N) is 2. The van der Waals surface area contributed by atoms with Gasteiger partial charge < -0.3 is 14.5 Å². The first-order chi connectivity index (χ1) is 13.4. The van der Waals surface area contributed by atoms with E-state index in [0.29, 0.717) is 19.8 Å². The van der Waals surface area contributed by atoms with Crippen molar-refractivity contribution in [1.29, 1.82) is 0 Å². The van der Waals surface area contributed by atoms with Gasteiger partial charge in [-0.3, -0.25) is 14.9 Å². The predicted molar refractivity (Wildman–Crippen MR) is 102 cm³/mol. The Labute approximate surface area is 168 Å². The Morgan fingerprint density at radius 2 is 1.96 bits per heavy atom. The van der Waals surface area contributed by atoms with E-state index in [0.717, 1.165) is 12.0 Å². The molecule has 3 aliphatic rings. The van der Waals surface area contributed by atoms with E-state index in [2.05, 4.69) is 12.2 Å². The third-order valence-corrected chi connectivity index (χ3v) is 6.26. The summed E-state index contributed by atoms with van der Waals surface area (Å²) >= 11 is 6.23. The molecule has 0 radical (unpaired) electrons. The third-order valence-electron chi connectivity index (χ3n) is 5.93. The number of benzene rings is 1. The number of halogens is 2. The number of amides is 2. The highest BCUT2D eigenvalue weighted by atomic mass is 35.5. The minimum Gasteiger partial charge on any atom is -0.380 e. The lowest BCUT2D eigenvalue weighted by molar-refractivity contribution is -0.172. The van der Waals surface area contributed by atoms with E-state index in [9.17, 15) is 14.0 Å². The number of carbonyl (C=O) groups excluding carboxylic acids is 2. The second kappa shape index (κ2) is 7.97. The van der Waals surface area contributed by atoms with Crippen molar-refractivity contribution in [2.75, 3.05) is 26.3 Å². The molecule has 3 saturated heterocycles. The Bertz CT molecular complexity index is 743. The first-order valence-corrected chi connectivity index (χ1v) is 10.2. The summed E-state index contributed by atoms with van der Waals surface area (Å²) in [6.45, 7) is 3.93. The molecule has 3 aliphatic heterocycles. The first kappa shape index (κ1) is 19.6. The summed E-state index contributed by atoms with van der Waals surface area (Å²) < 4.78 is 18.5. The fraction of sp³-hybridized carbons (Fsp3) is 0.600. The fourth-order valence-electron chi connectivity index (χ4n) is 4.36. The van der Waals surface area contributed by atoms with E-state index in [4.69, 9.17) is 16.3 Å². The van der Waals surface area contributed by atoms with Crippen LogP contribution in [-0.2, 0) is 20.9 Å². The second-order valence-corrected chi connectivity index (χ2v) is 8.64. The minimum atomic E-state index is -0.553. The van der Waals surface area contributed by atoms with Gasteiger partial charge in [0.15, 0.2) is 0 Å². The maximum atomic E-state index is 13.4. The van der Waals surface area contributed by atoms with Crippen LogP contribution >= 0.6 is 11.6 Å². The minimum absolute atomic E-state index is 0.0145. The molecule has 28 heavy (non-hydrogen) atoms. The lowest BCUT2D eigenvalue weighted by Crippen LogP contribution is -2.69. The Hall–Kier alpha value is -1.70. The Kier molecular flexibility index (Phi) is 5.58. The highest BCUT2D eigenvalue weighted by Gasteiger charge is 2.48. The largest absolute Gasteiger partial charge is 0.380 e. The molecular formula is C20H25ClFN3O3. The first-order valence-electron chi connectivity index (χ1n) is 9.73. The van der Waals surface area contributed by atoms with Crippen LogP contribution in [0.25, 0.3) is 0 Å². The topological polar surface area (TPSA) is 61.9 Å². The van der Waals surface area contributed by atoms with Crippen molar-refractivity contribution in [2.45, 2.75) is 37.5 Å². The number of carbonyl (C=O) groups is 2. The molecule has 8 heteroatoms. The van der Waals surface area contributed by atoms with E-state index in [-0.39, 0.29) is 54.1 Å². The second-order valence-electron chi connectivity index (χ2n) is 8.02. The van der Waals surface area contributed by atoms with Gasteiger partial charge in [0.05, 0.1) is 19.4 Å². The predicted octanol–water partition coefficient (Wildman–Crippen LogP) is 1.57. The molecule has 0 spiro atoms. The summed E-state index contributed by atoms with van der Waals surface area (Å²) in [5.41, 5.74) is 0.801. The van der Waals surface area contributed by atoms with Crippen molar-refractivity contribution >= 4 is 23.4 Å². The van der Waals surface area contributed by atoms with Gasteiger partial charge in [-0.2, -0.15) is 0 Å². The summed E-state index contributed by atoms with van der Waals surface area (Å²) in [5.74, 6) is -0.320. The van der Waals surface area contributed by atoms with Crippen LogP contribution in [0, 0.1) is 17.7 Å². The molecule has 0 aromatic heterocycles. The number of hydrogen-bond donors (Lipinski definition) is 1. The number of piperidine rings is 1. The van der Waals surface area contributed by atoms with Gasteiger partial charge in [0.2, 0.25) is 11.8 Å². The summed E-state index contributed by atoms with van der Waals surface area (Å²) in [5, 5.41) is 3.37. The fourth-order valence-corrected chi connectivity index (χ4v) is 4.73. The SMILES string of the molecule is CC1CC(Cl)CNC1N1CC(=O)N(Cc2ccc(F)cc2)[C@@H](C2COC2)C1=O. The zero-order chi connectivity index (χ0) is 19.8. The zero-order valence-electron chi connectivity index (χ0n) is 15.8. The Balaban J connectivity index is 1.56. The summed E-state index contributed by atoms with van der Waals surface area (Å²) in [6, 6.07) is 5.49. The van der Waals surface area contributed by atoms with Gasteiger partial charge in [-0.1, -0.05) is 19.1 Å². The van der Waals surface area contributed by atoms with Gasteiger partial charge in [-0.05, 0) is 30.0 Å². The summed E-state index contributed by atoms with van der Waals surface area (Å²) in [7, 11) is 0. The molecule has 0 bridgehead atoms. The molecule has 1 N–H and O–H groups in total. The van der Waals surface area contributed by atoms with E-state index in [1.54, 1.807) is 21.9 Å². The van der Waals surface area contributed by atoms with Crippen LogP contribution in [0.5, 0.6) is 0 Å². The highest BCUT2D eigenvalue weighted by molar-refractivity contribution is 6.20. The van der Waals surface area contributed by atoms with E-state index >= 15 is 0 Å². The molecule has 1 aromatic rings. The molecule has 6 nitrogen and oxygen atoms in total. The molecule has 3 heterocycles. The zero-order valence-corrected chi connectivity index (χ0v) is 16.6. The number of piperazine rings is 1. The van der Waals surface area contributed by atoms with Crippen LogP contribution in [0.1, 0.15) is 18.9 Å². The maximum Gasteiger partial charge on any atom is 0.247 e. The molecule has 4 atom stereocenters. The van der Waals surface area contributed by atoms with E-state index in [1.807, 2.05) is 0 Å². The third kappa shape index (κ3) is 3.75. The molecule has 3 unspecified atom stereocenters. The van der Waals surface area contributed by atoms with Crippen molar-refractivity contribution in [3.8, 4) is 0 Å². The van der Waals surface area contributed by atoms with Crippen LogP contribution in [-0.4, -0.2) is 65.5 Å². The number of rotatable bonds is 4. The van der Waals surface area contributed by atoms with Crippen LogP contribution in [0.3, 0.4) is 0 Å². The average Bonchev–Trinajstić information content (AvgIpc) is 2.61. The van der Waals surface area contributed by atoms with Crippen molar-refractivity contribution in [1.82, 2.24) is 15.1 Å². The van der Waals surface area contributed by atoms with Crippen LogP contribution in [0.15, 0.2) is 24.3 Å². The quantitative estimate of drug-likeness (QED) is 0.767. The van der Waals surface area contributed by atoms with Crippen molar-refractivity contribution in [3.63, 3.8) is 0 Å². The van der Waals surface area contributed by atoms with E-state index < -0.39 is 6.04 Å². The van der Waals surface area contributed by atoms with Gasteiger partial charge in [-0.25, -0.2) is 4.39 Å². The summed E-state index contributed by atoms with van der Waals surface area (Å²) in [6.07, 6.45) is 0.608. The molecular weight excluding hydrogens is 385 g/mol. The van der Waals surface area contributed by atoms with Crippen LogP contribution in [0.4, 0.5) is 4.39 Å². The van der Waals surface area contributed by atoms with E-state index in [1.165, 1.54) is 12.1 Å². The van der Waals surface area contributed by atoms with Crippen molar-refractivity contribution in [2.24, 2.45) is 11.8 Å². The average molecular weight is 410 g/mol. The van der Waals surface area contributed by atoms with Crippen molar-refractivity contribution in [3.05, 3.63) is 35.6 Å². The normalized spacial score (nSPS) is 31.8. The number of hydrogen-bond acceptors (Lipinski definition) is 4. The van der Waals surface area contributed by atoms with Gasteiger partial charge >= 0.3 is 0 Å². The van der Waals surface area contributed by atoms with Gasteiger partial charge in [0.25, 0.3) is 0 Å². The number of nitrogens with one attached hydrogen (secondary N) is 1. The monoisotopic (exact) mass is 409 g/mol. The smallest absolute Gasteiger partial charge is 0.247 e. The van der Waals surface area contributed by atoms with Crippen LogP contribution in [0.2, 0.25) is 0 Å². The number of ether oxygens (including phenoxy) is 1. The van der Waals surface area contributed by atoms with Gasteiger partial charge in [-0.15, -0.1) is 11.6 Å². The lowest BCUT2D eigenvalue weighted by atomic mass is 9.90. The standard InChI is InChI=1S/C20H25ClFN3O3/c1-12-6-15(21)7-23-19(12)25-9-17(26)24(8-13-2-4-16(22)5-3-13)18(20(25)27)14-10-28-11-14/h2-5,12,14-15,18-19,23H,6-11H2,1H3/t12?,15?,18-,19?/m0/s1. The van der Waals surface area contributed by atoms with Crippen molar-refractivity contribution < 1.29 is 18.7 Å². The molecule has 0 aliphatic carbocycles. The summed E-state index contributed by atoms with van der Waals surface area (Å²) in [4.78, 5) is 29.8.